The Morgan fingerprint density at radius 3 is 2.74 bits per heavy atom. The Labute approximate surface area is 122 Å². The second kappa shape index (κ2) is 7.28. The Balaban J connectivity index is 1.97. The third-order valence-corrected chi connectivity index (χ3v) is 4.30. The Morgan fingerprint density at radius 2 is 2.11 bits per heavy atom. The topological polar surface area (TPSA) is 15.3 Å². The highest BCUT2D eigenvalue weighted by Gasteiger charge is 2.19. The van der Waals surface area contributed by atoms with E-state index in [1.807, 2.05) is 12.1 Å². The predicted molar refractivity (Wildman–Crippen MR) is 82.6 cm³/mol. The molecule has 1 saturated heterocycles. The first-order chi connectivity index (χ1) is 9.16. The largest absolute Gasteiger partial charge is 0.313 e. The molecule has 0 aromatic heterocycles. The van der Waals surface area contributed by atoms with E-state index < -0.39 is 0 Å². The summed E-state index contributed by atoms with van der Waals surface area (Å²) in [5, 5.41) is 4.51. The van der Waals surface area contributed by atoms with E-state index in [1.54, 1.807) is 0 Å². The third kappa shape index (κ3) is 4.48. The lowest BCUT2D eigenvalue weighted by atomic mass is 10.0. The molecule has 1 aromatic rings. The number of rotatable bonds is 5. The molecule has 1 N–H and O–H groups in total. The summed E-state index contributed by atoms with van der Waals surface area (Å²) in [6.07, 6.45) is 3.98. The molecule has 1 fully saturated rings. The number of halogens is 1. The van der Waals surface area contributed by atoms with Crippen LogP contribution < -0.4 is 5.32 Å². The molecule has 0 spiro atoms. The van der Waals surface area contributed by atoms with Gasteiger partial charge in [-0.05, 0) is 44.9 Å². The van der Waals surface area contributed by atoms with Crippen molar-refractivity contribution in [2.24, 2.45) is 0 Å². The third-order valence-electron chi connectivity index (χ3n) is 3.93. The smallest absolute Gasteiger partial charge is 0.0451 e. The first kappa shape index (κ1) is 14.8. The average molecular weight is 281 g/mol. The van der Waals surface area contributed by atoms with Crippen LogP contribution in [-0.2, 0) is 6.54 Å². The monoisotopic (exact) mass is 280 g/mol. The highest BCUT2D eigenvalue weighted by Crippen LogP contribution is 2.19. The van der Waals surface area contributed by atoms with Crippen LogP contribution in [0.3, 0.4) is 0 Å². The lowest BCUT2D eigenvalue weighted by Crippen LogP contribution is -2.45. The molecule has 106 valence electrons. The first-order valence-electron chi connectivity index (χ1n) is 7.37. The lowest BCUT2D eigenvalue weighted by Gasteiger charge is -2.33. The Bertz CT molecular complexity index is 386. The zero-order valence-electron chi connectivity index (χ0n) is 12.0. The van der Waals surface area contributed by atoms with Crippen LogP contribution in [-0.4, -0.2) is 30.1 Å². The molecule has 0 saturated carbocycles. The molecule has 0 bridgehead atoms. The summed E-state index contributed by atoms with van der Waals surface area (Å²) in [4.78, 5) is 2.52. The van der Waals surface area contributed by atoms with Crippen LogP contribution in [0.25, 0.3) is 0 Å². The van der Waals surface area contributed by atoms with Gasteiger partial charge < -0.3 is 5.32 Å². The van der Waals surface area contributed by atoms with Crippen LogP contribution in [0.4, 0.5) is 0 Å². The van der Waals surface area contributed by atoms with Crippen LogP contribution in [0.2, 0.25) is 5.02 Å². The first-order valence-corrected chi connectivity index (χ1v) is 7.75. The normalized spacial score (nSPS) is 20.2. The van der Waals surface area contributed by atoms with Gasteiger partial charge in [-0.1, -0.05) is 36.2 Å². The summed E-state index contributed by atoms with van der Waals surface area (Å²) in [5.41, 5.74) is 1.23. The minimum Gasteiger partial charge on any atom is -0.313 e. The van der Waals surface area contributed by atoms with Gasteiger partial charge in [-0.2, -0.15) is 0 Å². The van der Waals surface area contributed by atoms with E-state index in [0.29, 0.717) is 12.1 Å². The minimum absolute atomic E-state index is 0.542. The van der Waals surface area contributed by atoms with Crippen molar-refractivity contribution in [2.45, 2.75) is 51.7 Å². The molecule has 3 heteroatoms. The van der Waals surface area contributed by atoms with E-state index in [-0.39, 0.29) is 0 Å². The van der Waals surface area contributed by atoms with Crippen molar-refractivity contribution in [1.29, 1.82) is 0 Å². The SMILES string of the molecule is CC(C)N(Cc1ccccc1Cl)CC1CCCCN1. The second-order valence-electron chi connectivity index (χ2n) is 5.76. The number of benzene rings is 1. The van der Waals surface area contributed by atoms with Crippen LogP contribution >= 0.6 is 11.6 Å². The number of nitrogens with one attached hydrogen (secondary N) is 1. The molecule has 0 amide bonds. The van der Waals surface area contributed by atoms with E-state index >= 15 is 0 Å². The van der Waals surface area contributed by atoms with Gasteiger partial charge in [0.1, 0.15) is 0 Å². The van der Waals surface area contributed by atoms with Crippen LogP contribution in [0, 0.1) is 0 Å². The fourth-order valence-electron chi connectivity index (χ4n) is 2.67. The number of nitrogens with zero attached hydrogens (tertiary/aromatic N) is 1. The quantitative estimate of drug-likeness (QED) is 0.885. The molecule has 1 unspecified atom stereocenters. The summed E-state index contributed by atoms with van der Waals surface area (Å²) >= 11 is 6.27. The lowest BCUT2D eigenvalue weighted by molar-refractivity contribution is 0.177. The van der Waals surface area contributed by atoms with Crippen molar-refractivity contribution in [1.82, 2.24) is 10.2 Å². The summed E-state index contributed by atoms with van der Waals surface area (Å²) < 4.78 is 0. The van der Waals surface area contributed by atoms with E-state index in [0.717, 1.165) is 18.1 Å². The molecule has 19 heavy (non-hydrogen) atoms. The van der Waals surface area contributed by atoms with Crippen molar-refractivity contribution >= 4 is 11.6 Å². The fraction of sp³-hybridized carbons (Fsp3) is 0.625. The van der Waals surface area contributed by atoms with Crippen molar-refractivity contribution in [3.8, 4) is 0 Å². The van der Waals surface area contributed by atoms with Gasteiger partial charge in [0.15, 0.2) is 0 Å². The molecular formula is C16H25ClN2. The van der Waals surface area contributed by atoms with Crippen LogP contribution in [0.15, 0.2) is 24.3 Å². The minimum atomic E-state index is 0.542. The Morgan fingerprint density at radius 1 is 1.32 bits per heavy atom. The molecule has 0 radical (unpaired) electrons. The van der Waals surface area contributed by atoms with Crippen molar-refractivity contribution in [3.05, 3.63) is 34.9 Å². The van der Waals surface area contributed by atoms with Crippen molar-refractivity contribution in [3.63, 3.8) is 0 Å². The summed E-state index contributed by atoms with van der Waals surface area (Å²) in [5.74, 6) is 0. The summed E-state index contributed by atoms with van der Waals surface area (Å²) in [6, 6.07) is 9.35. The number of hydrogen-bond donors (Lipinski definition) is 1. The summed E-state index contributed by atoms with van der Waals surface area (Å²) in [7, 11) is 0. The molecule has 0 aliphatic carbocycles. The van der Waals surface area contributed by atoms with Gasteiger partial charge in [-0.15, -0.1) is 0 Å². The van der Waals surface area contributed by atoms with E-state index in [2.05, 4.69) is 36.2 Å². The van der Waals surface area contributed by atoms with Gasteiger partial charge >= 0.3 is 0 Å². The molecule has 1 aliphatic heterocycles. The molecule has 2 rings (SSSR count). The zero-order valence-corrected chi connectivity index (χ0v) is 12.8. The molecule has 1 aliphatic rings. The van der Waals surface area contributed by atoms with Crippen LogP contribution in [0.5, 0.6) is 0 Å². The molecule has 1 atom stereocenters. The number of hydrogen-bond acceptors (Lipinski definition) is 2. The molecule has 2 nitrogen and oxygen atoms in total. The summed E-state index contributed by atoms with van der Waals surface area (Å²) in [6.45, 7) is 7.75. The van der Waals surface area contributed by atoms with Gasteiger partial charge in [0, 0.05) is 30.2 Å². The van der Waals surface area contributed by atoms with Gasteiger partial charge in [0.25, 0.3) is 0 Å². The average Bonchev–Trinajstić information content (AvgIpc) is 2.41. The molecular weight excluding hydrogens is 256 g/mol. The maximum Gasteiger partial charge on any atom is 0.0451 e. The molecule has 1 heterocycles. The Kier molecular flexibility index (Phi) is 5.68. The van der Waals surface area contributed by atoms with E-state index in [4.69, 9.17) is 11.6 Å². The standard InChI is InChI=1S/C16H25ClN2/c1-13(2)19(12-15-8-5-6-10-18-15)11-14-7-3-4-9-16(14)17/h3-4,7,9,13,15,18H,5-6,8,10-12H2,1-2H3. The molecule has 1 aromatic carbocycles. The highest BCUT2D eigenvalue weighted by atomic mass is 35.5. The second-order valence-corrected chi connectivity index (χ2v) is 6.17. The van der Waals surface area contributed by atoms with Gasteiger partial charge in [0.2, 0.25) is 0 Å². The fourth-order valence-corrected chi connectivity index (χ4v) is 2.86. The van der Waals surface area contributed by atoms with E-state index in [9.17, 15) is 0 Å². The van der Waals surface area contributed by atoms with E-state index in [1.165, 1.54) is 31.4 Å². The zero-order chi connectivity index (χ0) is 13.7. The highest BCUT2D eigenvalue weighted by molar-refractivity contribution is 6.31. The number of piperidine rings is 1. The van der Waals surface area contributed by atoms with Crippen molar-refractivity contribution < 1.29 is 0 Å². The predicted octanol–water partition coefficient (Wildman–Crippen LogP) is 3.69. The van der Waals surface area contributed by atoms with Crippen LogP contribution in [0.1, 0.15) is 38.7 Å². The van der Waals surface area contributed by atoms with Gasteiger partial charge in [-0.3, -0.25) is 4.90 Å². The van der Waals surface area contributed by atoms with Gasteiger partial charge in [-0.25, -0.2) is 0 Å². The maximum atomic E-state index is 6.27. The van der Waals surface area contributed by atoms with Crippen molar-refractivity contribution in [2.75, 3.05) is 13.1 Å². The van der Waals surface area contributed by atoms with Gasteiger partial charge in [0.05, 0.1) is 0 Å². The Hall–Kier alpha value is -0.570. The maximum absolute atomic E-state index is 6.27.